The first-order valence-corrected chi connectivity index (χ1v) is 7.70. The van der Waals surface area contributed by atoms with E-state index in [2.05, 4.69) is 22.3 Å². The number of amides is 1. The van der Waals surface area contributed by atoms with Gasteiger partial charge in [-0.25, -0.2) is 4.79 Å². The molecule has 4 nitrogen and oxygen atoms in total. The van der Waals surface area contributed by atoms with Gasteiger partial charge in [-0.15, -0.1) is 11.3 Å². The van der Waals surface area contributed by atoms with Gasteiger partial charge in [0.1, 0.15) is 0 Å². The number of carbonyl (C=O) groups is 1. The number of carbonyl (C=O) groups excluding carboxylic acids is 1. The second-order valence-electron chi connectivity index (χ2n) is 4.56. The van der Waals surface area contributed by atoms with E-state index in [1.165, 1.54) is 12.0 Å². The van der Waals surface area contributed by atoms with Crippen molar-refractivity contribution < 1.29 is 9.53 Å². The summed E-state index contributed by atoms with van der Waals surface area (Å²) in [6, 6.07) is 11.8. The standard InChI is InChI=1S/C15H17ClN2O2S/c1-10(13-7-8-14(16)21-13)17-9-11-3-5-12(6-4-11)18-15(19)20-2/h3-8,10,17H,9H2,1-2H3,(H,18,19)/t10-/m0/s1. The Morgan fingerprint density at radius 1 is 1.29 bits per heavy atom. The highest BCUT2D eigenvalue weighted by molar-refractivity contribution is 7.16. The van der Waals surface area contributed by atoms with Crippen molar-refractivity contribution in [3.63, 3.8) is 0 Å². The van der Waals surface area contributed by atoms with Crippen LogP contribution in [0.3, 0.4) is 0 Å². The summed E-state index contributed by atoms with van der Waals surface area (Å²) < 4.78 is 5.34. The smallest absolute Gasteiger partial charge is 0.411 e. The van der Waals surface area contributed by atoms with E-state index in [1.807, 2.05) is 36.4 Å². The van der Waals surface area contributed by atoms with Gasteiger partial charge >= 0.3 is 6.09 Å². The average molecular weight is 325 g/mol. The molecule has 2 aromatic rings. The lowest BCUT2D eigenvalue weighted by Gasteiger charge is -2.12. The Kier molecular flexibility index (Phi) is 5.61. The first-order chi connectivity index (χ1) is 10.1. The average Bonchev–Trinajstić information content (AvgIpc) is 2.92. The van der Waals surface area contributed by atoms with Gasteiger partial charge in [0.2, 0.25) is 0 Å². The highest BCUT2D eigenvalue weighted by atomic mass is 35.5. The zero-order valence-corrected chi connectivity index (χ0v) is 13.4. The fraction of sp³-hybridized carbons (Fsp3) is 0.267. The highest BCUT2D eigenvalue weighted by Crippen LogP contribution is 2.26. The fourth-order valence-corrected chi connectivity index (χ4v) is 2.90. The van der Waals surface area contributed by atoms with Crippen LogP contribution in [-0.4, -0.2) is 13.2 Å². The van der Waals surface area contributed by atoms with Gasteiger partial charge < -0.3 is 10.1 Å². The van der Waals surface area contributed by atoms with Gasteiger partial charge in [-0.1, -0.05) is 23.7 Å². The van der Waals surface area contributed by atoms with Crippen LogP contribution in [0.4, 0.5) is 10.5 Å². The van der Waals surface area contributed by atoms with Crippen LogP contribution in [-0.2, 0) is 11.3 Å². The number of benzene rings is 1. The number of hydrogen-bond acceptors (Lipinski definition) is 4. The van der Waals surface area contributed by atoms with Crippen LogP contribution in [0.2, 0.25) is 4.34 Å². The monoisotopic (exact) mass is 324 g/mol. The first kappa shape index (κ1) is 15.8. The molecule has 2 rings (SSSR count). The minimum absolute atomic E-state index is 0.246. The first-order valence-electron chi connectivity index (χ1n) is 6.51. The van der Waals surface area contributed by atoms with Crippen LogP contribution in [0.5, 0.6) is 0 Å². The molecule has 0 saturated carbocycles. The molecule has 1 aromatic carbocycles. The van der Waals surface area contributed by atoms with Crippen LogP contribution in [0.25, 0.3) is 0 Å². The zero-order chi connectivity index (χ0) is 15.2. The topological polar surface area (TPSA) is 50.4 Å². The molecule has 6 heteroatoms. The summed E-state index contributed by atoms with van der Waals surface area (Å²) in [6.07, 6.45) is -0.468. The Morgan fingerprint density at radius 2 is 2.00 bits per heavy atom. The molecule has 1 amide bonds. The van der Waals surface area contributed by atoms with Gasteiger partial charge in [0.15, 0.2) is 0 Å². The maximum absolute atomic E-state index is 11.1. The molecule has 2 N–H and O–H groups in total. The van der Waals surface area contributed by atoms with Crippen molar-refractivity contribution in [2.75, 3.05) is 12.4 Å². The molecule has 112 valence electrons. The molecule has 1 heterocycles. The van der Waals surface area contributed by atoms with Crippen molar-refractivity contribution in [1.29, 1.82) is 0 Å². The number of halogens is 1. The van der Waals surface area contributed by atoms with E-state index >= 15 is 0 Å². The van der Waals surface area contributed by atoms with Crippen molar-refractivity contribution in [3.05, 3.63) is 51.2 Å². The fourth-order valence-electron chi connectivity index (χ4n) is 1.81. The summed E-state index contributed by atoms with van der Waals surface area (Å²) in [6.45, 7) is 2.85. The largest absolute Gasteiger partial charge is 0.453 e. The Labute approximate surface area is 133 Å². The lowest BCUT2D eigenvalue weighted by molar-refractivity contribution is 0.187. The minimum Gasteiger partial charge on any atom is -0.453 e. The van der Waals surface area contributed by atoms with Gasteiger partial charge in [0.25, 0.3) is 0 Å². The number of rotatable bonds is 5. The SMILES string of the molecule is COC(=O)Nc1ccc(CN[C@@H](C)c2ccc(Cl)s2)cc1. The molecule has 0 aliphatic rings. The molecule has 0 saturated heterocycles. The van der Waals surface area contributed by atoms with Crippen LogP contribution in [0, 0.1) is 0 Å². The van der Waals surface area contributed by atoms with Gasteiger partial charge in [-0.3, -0.25) is 5.32 Å². The lowest BCUT2D eigenvalue weighted by atomic mass is 10.2. The van der Waals surface area contributed by atoms with Gasteiger partial charge in [-0.05, 0) is 36.8 Å². The van der Waals surface area contributed by atoms with E-state index in [0.717, 1.165) is 16.4 Å². The number of hydrogen-bond donors (Lipinski definition) is 2. The normalized spacial score (nSPS) is 12.0. The molecule has 0 fully saturated rings. The molecular formula is C15H17ClN2O2S. The molecule has 1 atom stereocenters. The minimum atomic E-state index is -0.468. The van der Waals surface area contributed by atoms with Crippen molar-refractivity contribution >= 4 is 34.7 Å². The van der Waals surface area contributed by atoms with E-state index < -0.39 is 6.09 Å². The Morgan fingerprint density at radius 3 is 2.57 bits per heavy atom. The van der Waals surface area contributed by atoms with E-state index in [1.54, 1.807) is 11.3 Å². The van der Waals surface area contributed by atoms with Crippen molar-refractivity contribution in [1.82, 2.24) is 5.32 Å². The third-order valence-electron chi connectivity index (χ3n) is 3.02. The molecule has 1 aromatic heterocycles. The molecule has 0 spiro atoms. The quantitative estimate of drug-likeness (QED) is 0.855. The van der Waals surface area contributed by atoms with E-state index in [0.29, 0.717) is 5.69 Å². The summed E-state index contributed by atoms with van der Waals surface area (Å²) in [5.41, 5.74) is 1.85. The predicted molar refractivity (Wildman–Crippen MR) is 87.1 cm³/mol. The molecule has 0 unspecified atom stereocenters. The highest BCUT2D eigenvalue weighted by Gasteiger charge is 2.07. The second-order valence-corrected chi connectivity index (χ2v) is 6.30. The number of methoxy groups -OCH3 is 1. The number of anilines is 1. The van der Waals surface area contributed by atoms with Crippen molar-refractivity contribution in [3.8, 4) is 0 Å². The number of ether oxygens (including phenoxy) is 1. The Balaban J connectivity index is 1.87. The maximum atomic E-state index is 11.1. The van der Waals surface area contributed by atoms with Gasteiger partial charge in [-0.2, -0.15) is 0 Å². The summed E-state index contributed by atoms with van der Waals surface area (Å²) >= 11 is 7.52. The Bertz CT molecular complexity index is 598. The van der Waals surface area contributed by atoms with Gasteiger partial charge in [0.05, 0.1) is 11.4 Å². The van der Waals surface area contributed by atoms with E-state index in [4.69, 9.17) is 11.6 Å². The number of thiophene rings is 1. The second kappa shape index (κ2) is 7.45. The van der Waals surface area contributed by atoms with Crippen molar-refractivity contribution in [2.45, 2.75) is 19.5 Å². The summed E-state index contributed by atoms with van der Waals surface area (Å²) in [5, 5.41) is 6.06. The molecule has 0 aliphatic carbocycles. The van der Waals surface area contributed by atoms with Crippen LogP contribution in [0.15, 0.2) is 36.4 Å². The van der Waals surface area contributed by atoms with Gasteiger partial charge in [0, 0.05) is 23.2 Å². The van der Waals surface area contributed by atoms with E-state index in [-0.39, 0.29) is 6.04 Å². The third kappa shape index (κ3) is 4.74. The molecule has 0 radical (unpaired) electrons. The zero-order valence-electron chi connectivity index (χ0n) is 11.9. The van der Waals surface area contributed by atoms with E-state index in [9.17, 15) is 4.79 Å². The van der Waals surface area contributed by atoms with Crippen LogP contribution in [0.1, 0.15) is 23.4 Å². The molecular weight excluding hydrogens is 308 g/mol. The van der Waals surface area contributed by atoms with Crippen molar-refractivity contribution in [2.24, 2.45) is 0 Å². The number of nitrogens with one attached hydrogen (secondary N) is 2. The summed E-state index contributed by atoms with van der Waals surface area (Å²) in [4.78, 5) is 12.3. The Hall–Kier alpha value is -1.56. The molecule has 21 heavy (non-hydrogen) atoms. The molecule has 0 bridgehead atoms. The maximum Gasteiger partial charge on any atom is 0.411 e. The lowest BCUT2D eigenvalue weighted by Crippen LogP contribution is -2.17. The van der Waals surface area contributed by atoms with Crippen LogP contribution >= 0.6 is 22.9 Å². The molecule has 0 aliphatic heterocycles. The third-order valence-corrected chi connectivity index (χ3v) is 4.43. The predicted octanol–water partition coefficient (Wildman–Crippen LogP) is 4.43. The van der Waals surface area contributed by atoms with Crippen LogP contribution < -0.4 is 10.6 Å². The summed E-state index contributed by atoms with van der Waals surface area (Å²) in [5.74, 6) is 0. The summed E-state index contributed by atoms with van der Waals surface area (Å²) in [7, 11) is 1.34.